The van der Waals surface area contributed by atoms with E-state index in [1.54, 1.807) is 6.07 Å². The van der Waals surface area contributed by atoms with Gasteiger partial charge in [0.25, 0.3) is 0 Å². The first-order valence-electron chi connectivity index (χ1n) is 14.8. The monoisotopic (exact) mass is 488 g/mol. The van der Waals surface area contributed by atoms with E-state index in [2.05, 4.69) is 6.92 Å². The molecule has 3 aliphatic carbocycles. The number of hydrogen-bond donors (Lipinski definition) is 1. The van der Waals surface area contributed by atoms with Gasteiger partial charge in [-0.1, -0.05) is 26.2 Å². The van der Waals surface area contributed by atoms with Gasteiger partial charge in [-0.05, 0) is 131 Å². The van der Waals surface area contributed by atoms with Crippen LogP contribution in [0.2, 0.25) is 0 Å². The summed E-state index contributed by atoms with van der Waals surface area (Å²) >= 11 is 0. The van der Waals surface area contributed by atoms with Crippen LogP contribution in [-0.4, -0.2) is 11.2 Å². The predicted molar refractivity (Wildman–Crippen MR) is 136 cm³/mol. The third-order valence-electron chi connectivity index (χ3n) is 10.6. The second kappa shape index (κ2) is 11.1. The molecule has 1 aromatic carbocycles. The van der Waals surface area contributed by atoms with Crippen molar-refractivity contribution >= 4 is 0 Å². The van der Waals surface area contributed by atoms with Crippen molar-refractivity contribution in [3.63, 3.8) is 0 Å². The van der Waals surface area contributed by atoms with Gasteiger partial charge in [-0.2, -0.15) is 4.39 Å². The molecule has 0 saturated heterocycles. The Balaban J connectivity index is 1.10. The Morgan fingerprint density at radius 2 is 1.26 bits per heavy atom. The second-order valence-corrected chi connectivity index (χ2v) is 12.5. The molecule has 4 heteroatoms. The SMILES string of the molecule is CCC1CCC(C2CCC(C3CCC(C4CCc5cc(C(C)O)c(F)c(F)c5O4)CC3)CC2)CC1. The maximum absolute atomic E-state index is 14.7. The maximum Gasteiger partial charge on any atom is 0.201 e. The molecule has 1 N–H and O–H groups in total. The number of ether oxygens (including phenoxy) is 1. The molecule has 2 unspecified atom stereocenters. The van der Waals surface area contributed by atoms with Crippen LogP contribution in [0.4, 0.5) is 8.78 Å². The van der Waals surface area contributed by atoms with Crippen molar-refractivity contribution in [2.45, 2.75) is 122 Å². The summed E-state index contributed by atoms with van der Waals surface area (Å²) in [5.74, 6) is 3.40. The van der Waals surface area contributed by atoms with Crippen molar-refractivity contribution in [2.75, 3.05) is 0 Å². The minimum atomic E-state index is -1.02. The van der Waals surface area contributed by atoms with E-state index >= 15 is 0 Å². The Kier molecular flexibility index (Phi) is 8.06. The molecular weight excluding hydrogens is 442 g/mol. The molecule has 5 rings (SSSR count). The first kappa shape index (κ1) is 25.5. The molecule has 3 saturated carbocycles. The van der Waals surface area contributed by atoms with E-state index in [0.29, 0.717) is 17.9 Å². The first-order valence-corrected chi connectivity index (χ1v) is 14.8. The lowest BCUT2D eigenvalue weighted by Gasteiger charge is -2.42. The zero-order valence-electron chi connectivity index (χ0n) is 21.9. The zero-order valence-corrected chi connectivity index (χ0v) is 21.9. The molecule has 0 amide bonds. The number of rotatable bonds is 5. The fraction of sp³-hybridized carbons (Fsp3) is 0.806. The molecule has 1 aliphatic heterocycles. The number of aliphatic hydroxyl groups is 1. The van der Waals surface area contributed by atoms with Gasteiger partial charge in [0.2, 0.25) is 5.82 Å². The van der Waals surface area contributed by atoms with Crippen LogP contribution in [0.5, 0.6) is 5.75 Å². The molecule has 1 aromatic rings. The fourth-order valence-electron chi connectivity index (χ4n) is 8.28. The number of aryl methyl sites for hydroxylation is 1. The maximum atomic E-state index is 14.7. The Hall–Kier alpha value is -1.16. The molecule has 35 heavy (non-hydrogen) atoms. The van der Waals surface area contributed by atoms with Crippen LogP contribution in [0.1, 0.15) is 121 Å². The average molecular weight is 489 g/mol. The second-order valence-electron chi connectivity index (χ2n) is 12.5. The van der Waals surface area contributed by atoms with Gasteiger partial charge < -0.3 is 9.84 Å². The van der Waals surface area contributed by atoms with Gasteiger partial charge in [0.15, 0.2) is 11.6 Å². The smallest absolute Gasteiger partial charge is 0.201 e. The molecule has 0 aromatic heterocycles. The van der Waals surface area contributed by atoms with E-state index in [0.717, 1.165) is 48.9 Å². The number of aliphatic hydroxyl groups excluding tert-OH is 1. The van der Waals surface area contributed by atoms with Crippen LogP contribution in [-0.2, 0) is 6.42 Å². The minimum Gasteiger partial charge on any atom is -0.487 e. The summed E-state index contributed by atoms with van der Waals surface area (Å²) in [5.41, 5.74) is 0.733. The largest absolute Gasteiger partial charge is 0.487 e. The normalized spacial score (nSPS) is 36.8. The van der Waals surface area contributed by atoms with Crippen molar-refractivity contribution in [2.24, 2.45) is 35.5 Å². The Morgan fingerprint density at radius 3 is 1.74 bits per heavy atom. The van der Waals surface area contributed by atoms with E-state index in [9.17, 15) is 13.9 Å². The molecule has 2 atom stereocenters. The molecule has 3 fully saturated rings. The summed E-state index contributed by atoms with van der Waals surface area (Å²) in [6.07, 6.45) is 18.4. The summed E-state index contributed by atoms with van der Waals surface area (Å²) in [6, 6.07) is 1.59. The Labute approximate surface area is 211 Å². The predicted octanol–water partition coefficient (Wildman–Crippen LogP) is 8.54. The Morgan fingerprint density at radius 1 is 0.771 bits per heavy atom. The highest BCUT2D eigenvalue weighted by atomic mass is 19.2. The summed E-state index contributed by atoms with van der Waals surface area (Å²) in [4.78, 5) is 0. The van der Waals surface area contributed by atoms with Crippen molar-refractivity contribution in [1.82, 2.24) is 0 Å². The zero-order chi connectivity index (χ0) is 24.5. The van der Waals surface area contributed by atoms with Crippen molar-refractivity contribution < 1.29 is 18.6 Å². The van der Waals surface area contributed by atoms with E-state index < -0.39 is 17.7 Å². The number of hydrogen-bond acceptors (Lipinski definition) is 2. The van der Waals surface area contributed by atoms with Gasteiger partial charge in [-0.25, -0.2) is 4.39 Å². The summed E-state index contributed by atoms with van der Waals surface area (Å²) in [7, 11) is 0. The van der Waals surface area contributed by atoms with E-state index in [1.165, 1.54) is 77.6 Å². The average Bonchev–Trinajstić information content (AvgIpc) is 2.90. The lowest BCUT2D eigenvalue weighted by molar-refractivity contribution is 0.0516. The van der Waals surface area contributed by atoms with Gasteiger partial charge in [-0.3, -0.25) is 0 Å². The van der Waals surface area contributed by atoms with Gasteiger partial charge in [0, 0.05) is 5.56 Å². The standard InChI is InChI=1S/C31H46F2O2/c1-3-20-4-6-21(7-5-20)22-8-10-23(11-9-22)24-12-14-25(15-13-24)28-17-16-26-18-27(19(2)34)29(32)30(33)31(26)35-28/h18-25,28,34H,3-17H2,1-2H3. The van der Waals surface area contributed by atoms with Crippen LogP contribution < -0.4 is 4.74 Å². The van der Waals surface area contributed by atoms with Crippen molar-refractivity contribution in [3.05, 3.63) is 28.8 Å². The molecule has 0 bridgehead atoms. The highest BCUT2D eigenvalue weighted by molar-refractivity contribution is 5.42. The summed E-state index contributed by atoms with van der Waals surface area (Å²) in [6.45, 7) is 3.83. The molecule has 4 aliphatic rings. The van der Waals surface area contributed by atoms with Crippen LogP contribution in [0.25, 0.3) is 0 Å². The van der Waals surface area contributed by atoms with Crippen molar-refractivity contribution in [3.8, 4) is 5.75 Å². The molecule has 0 radical (unpaired) electrons. The lowest BCUT2D eigenvalue weighted by atomic mass is 9.64. The highest BCUT2D eigenvalue weighted by Crippen LogP contribution is 2.47. The topological polar surface area (TPSA) is 29.5 Å². The minimum absolute atomic E-state index is 0.0104. The third-order valence-corrected chi connectivity index (χ3v) is 10.6. The number of benzene rings is 1. The van der Waals surface area contributed by atoms with Gasteiger partial charge >= 0.3 is 0 Å². The summed E-state index contributed by atoms with van der Waals surface area (Å²) < 4.78 is 35.3. The van der Waals surface area contributed by atoms with Crippen LogP contribution >= 0.6 is 0 Å². The summed E-state index contributed by atoms with van der Waals surface area (Å²) in [5, 5.41) is 9.77. The highest BCUT2D eigenvalue weighted by Gasteiger charge is 2.38. The number of halogens is 2. The lowest BCUT2D eigenvalue weighted by Crippen LogP contribution is -2.36. The van der Waals surface area contributed by atoms with E-state index in [4.69, 9.17) is 4.74 Å². The van der Waals surface area contributed by atoms with Crippen LogP contribution in [0.15, 0.2) is 6.07 Å². The quantitative estimate of drug-likeness (QED) is 0.450. The molecule has 2 nitrogen and oxygen atoms in total. The van der Waals surface area contributed by atoms with E-state index in [-0.39, 0.29) is 17.4 Å². The van der Waals surface area contributed by atoms with Gasteiger partial charge in [0.05, 0.1) is 6.10 Å². The Bertz CT molecular complexity index is 844. The van der Waals surface area contributed by atoms with Crippen LogP contribution in [0.3, 0.4) is 0 Å². The van der Waals surface area contributed by atoms with Gasteiger partial charge in [0.1, 0.15) is 6.10 Å². The fourth-order valence-corrected chi connectivity index (χ4v) is 8.28. The molecule has 0 spiro atoms. The van der Waals surface area contributed by atoms with Crippen molar-refractivity contribution in [1.29, 1.82) is 0 Å². The third kappa shape index (κ3) is 5.43. The first-order chi connectivity index (χ1) is 16.9. The van der Waals surface area contributed by atoms with E-state index in [1.807, 2.05) is 0 Å². The number of fused-ring (bicyclic) bond motifs is 1. The van der Waals surface area contributed by atoms with Gasteiger partial charge in [-0.15, -0.1) is 0 Å². The van der Waals surface area contributed by atoms with Crippen LogP contribution in [0, 0.1) is 47.1 Å². The molecular formula is C31H46F2O2. The molecule has 1 heterocycles. The molecule has 196 valence electrons.